The van der Waals surface area contributed by atoms with E-state index in [-0.39, 0.29) is 11.7 Å². The number of hydrogen-bond donors (Lipinski definition) is 2. The zero-order chi connectivity index (χ0) is 14.1. The number of nitrogens with zero attached hydrogens (tertiary/aromatic N) is 1. The molecule has 0 unspecified atom stereocenters. The Bertz CT molecular complexity index is 762. The maximum atomic E-state index is 12.1. The van der Waals surface area contributed by atoms with Crippen molar-refractivity contribution in [2.45, 2.75) is 6.92 Å². The number of fused-ring (bicyclic) bond motifs is 1. The van der Waals surface area contributed by atoms with Gasteiger partial charge in [0.2, 0.25) is 0 Å². The predicted octanol–water partition coefficient (Wildman–Crippen LogP) is 3.56. The van der Waals surface area contributed by atoms with Crippen molar-refractivity contribution in [1.29, 1.82) is 0 Å². The number of hydrogen-bond acceptors (Lipinski definition) is 4. The number of nitrogens with one attached hydrogen (secondary N) is 1. The molecule has 0 aliphatic rings. The molecule has 2 aromatic carbocycles. The first-order chi connectivity index (χ1) is 9.63. The van der Waals surface area contributed by atoms with E-state index in [0.29, 0.717) is 16.3 Å². The first-order valence-electron chi connectivity index (χ1n) is 6.10. The quantitative estimate of drug-likeness (QED) is 0.756. The first-order valence-corrected chi connectivity index (χ1v) is 6.92. The summed E-state index contributed by atoms with van der Waals surface area (Å²) in [6.45, 7) is 1.75. The van der Waals surface area contributed by atoms with Gasteiger partial charge in [-0.2, -0.15) is 0 Å². The molecule has 3 aromatic rings. The second-order valence-corrected chi connectivity index (χ2v) is 5.47. The van der Waals surface area contributed by atoms with Crippen LogP contribution < -0.4 is 5.32 Å². The van der Waals surface area contributed by atoms with Crippen LogP contribution in [-0.2, 0) is 0 Å². The molecule has 0 saturated carbocycles. The minimum atomic E-state index is -0.229. The van der Waals surface area contributed by atoms with Gasteiger partial charge in [0.1, 0.15) is 5.75 Å². The van der Waals surface area contributed by atoms with Crippen molar-refractivity contribution in [1.82, 2.24) is 4.98 Å². The molecule has 0 atom stereocenters. The molecule has 0 bridgehead atoms. The standard InChI is InChI=1S/C15H12N2O2S/c1-9-8-10(6-7-12(9)18)14(19)17-15-16-11-4-2-3-5-13(11)20-15/h2-8,18H,1H3,(H,16,17,19). The molecule has 2 N–H and O–H groups in total. The van der Waals surface area contributed by atoms with E-state index in [1.165, 1.54) is 17.4 Å². The van der Waals surface area contributed by atoms with Crippen LogP contribution in [0.4, 0.5) is 5.13 Å². The highest BCUT2D eigenvalue weighted by Crippen LogP contribution is 2.26. The highest BCUT2D eigenvalue weighted by Gasteiger charge is 2.10. The van der Waals surface area contributed by atoms with Crippen molar-refractivity contribution in [3.8, 4) is 5.75 Å². The van der Waals surface area contributed by atoms with Crippen molar-refractivity contribution >= 4 is 32.6 Å². The van der Waals surface area contributed by atoms with E-state index in [1.807, 2.05) is 24.3 Å². The number of anilines is 1. The monoisotopic (exact) mass is 284 g/mol. The van der Waals surface area contributed by atoms with Gasteiger partial charge in [0, 0.05) is 5.56 Å². The number of benzene rings is 2. The Morgan fingerprint density at radius 2 is 2.05 bits per heavy atom. The van der Waals surface area contributed by atoms with Crippen LogP contribution in [0.5, 0.6) is 5.75 Å². The summed E-state index contributed by atoms with van der Waals surface area (Å²) < 4.78 is 1.03. The van der Waals surface area contributed by atoms with Crippen LogP contribution in [0, 0.1) is 6.92 Å². The zero-order valence-electron chi connectivity index (χ0n) is 10.8. The third-order valence-electron chi connectivity index (χ3n) is 2.97. The van der Waals surface area contributed by atoms with E-state index < -0.39 is 0 Å². The largest absolute Gasteiger partial charge is 0.508 e. The Morgan fingerprint density at radius 3 is 2.80 bits per heavy atom. The minimum absolute atomic E-state index is 0.182. The number of aromatic nitrogens is 1. The number of para-hydroxylation sites is 1. The fourth-order valence-electron chi connectivity index (χ4n) is 1.89. The second-order valence-electron chi connectivity index (χ2n) is 4.44. The fourth-order valence-corrected chi connectivity index (χ4v) is 2.75. The number of aryl methyl sites for hydroxylation is 1. The Kier molecular flexibility index (Phi) is 3.12. The third-order valence-corrected chi connectivity index (χ3v) is 3.93. The minimum Gasteiger partial charge on any atom is -0.508 e. The summed E-state index contributed by atoms with van der Waals surface area (Å²) in [4.78, 5) is 16.5. The van der Waals surface area contributed by atoms with Crippen LogP contribution in [-0.4, -0.2) is 16.0 Å². The lowest BCUT2D eigenvalue weighted by Crippen LogP contribution is -2.11. The number of rotatable bonds is 2. The summed E-state index contributed by atoms with van der Waals surface area (Å²) >= 11 is 1.44. The van der Waals surface area contributed by atoms with Crippen LogP contribution in [0.3, 0.4) is 0 Å². The number of phenols is 1. The normalized spacial score (nSPS) is 10.7. The SMILES string of the molecule is Cc1cc(C(=O)Nc2nc3ccccc3s2)ccc1O. The van der Waals surface area contributed by atoms with Gasteiger partial charge in [-0.05, 0) is 42.8 Å². The van der Waals surface area contributed by atoms with E-state index in [1.54, 1.807) is 19.1 Å². The Balaban J connectivity index is 1.86. The summed E-state index contributed by atoms with van der Waals surface area (Å²) in [5, 5.41) is 12.8. The van der Waals surface area contributed by atoms with Gasteiger partial charge in [-0.3, -0.25) is 10.1 Å². The van der Waals surface area contributed by atoms with E-state index in [9.17, 15) is 9.90 Å². The lowest BCUT2D eigenvalue weighted by Gasteiger charge is -2.04. The topological polar surface area (TPSA) is 62.2 Å². The van der Waals surface area contributed by atoms with Crippen molar-refractivity contribution in [2.75, 3.05) is 5.32 Å². The van der Waals surface area contributed by atoms with Crippen molar-refractivity contribution in [3.63, 3.8) is 0 Å². The smallest absolute Gasteiger partial charge is 0.257 e. The number of carbonyl (C=O) groups excluding carboxylic acids is 1. The Labute approximate surface area is 119 Å². The van der Waals surface area contributed by atoms with Gasteiger partial charge < -0.3 is 5.11 Å². The summed E-state index contributed by atoms with van der Waals surface area (Å²) in [5.74, 6) is -0.0475. The summed E-state index contributed by atoms with van der Waals surface area (Å²) in [6.07, 6.45) is 0. The average molecular weight is 284 g/mol. The molecule has 1 aromatic heterocycles. The van der Waals surface area contributed by atoms with Gasteiger partial charge in [0.15, 0.2) is 5.13 Å². The van der Waals surface area contributed by atoms with Crippen molar-refractivity contribution < 1.29 is 9.90 Å². The van der Waals surface area contributed by atoms with E-state index >= 15 is 0 Å². The number of aromatic hydroxyl groups is 1. The van der Waals surface area contributed by atoms with Gasteiger partial charge in [0.05, 0.1) is 10.2 Å². The number of amides is 1. The van der Waals surface area contributed by atoms with E-state index in [2.05, 4.69) is 10.3 Å². The molecule has 5 heteroatoms. The molecule has 0 spiro atoms. The van der Waals surface area contributed by atoms with Gasteiger partial charge >= 0.3 is 0 Å². The second kappa shape index (κ2) is 4.94. The van der Waals surface area contributed by atoms with Crippen LogP contribution in [0.1, 0.15) is 15.9 Å². The molecule has 3 rings (SSSR count). The van der Waals surface area contributed by atoms with Crippen LogP contribution in [0.25, 0.3) is 10.2 Å². The molecule has 0 aliphatic carbocycles. The van der Waals surface area contributed by atoms with Crippen LogP contribution in [0.15, 0.2) is 42.5 Å². The molecule has 0 saturated heterocycles. The molecule has 20 heavy (non-hydrogen) atoms. The Hall–Kier alpha value is -2.40. The maximum Gasteiger partial charge on any atom is 0.257 e. The Morgan fingerprint density at radius 1 is 1.25 bits per heavy atom. The fraction of sp³-hybridized carbons (Fsp3) is 0.0667. The average Bonchev–Trinajstić information content (AvgIpc) is 2.83. The lowest BCUT2D eigenvalue weighted by molar-refractivity contribution is 0.102. The molecule has 0 fully saturated rings. The highest BCUT2D eigenvalue weighted by molar-refractivity contribution is 7.22. The molecular formula is C15H12N2O2S. The molecule has 4 nitrogen and oxygen atoms in total. The molecule has 0 aliphatic heterocycles. The van der Waals surface area contributed by atoms with Gasteiger partial charge in [-0.15, -0.1) is 0 Å². The lowest BCUT2D eigenvalue weighted by atomic mass is 10.1. The van der Waals surface area contributed by atoms with Crippen LogP contribution >= 0.6 is 11.3 Å². The summed E-state index contributed by atoms with van der Waals surface area (Å²) in [5.41, 5.74) is 2.04. The maximum absolute atomic E-state index is 12.1. The molecular weight excluding hydrogens is 272 g/mol. The van der Waals surface area contributed by atoms with Gasteiger partial charge in [0.25, 0.3) is 5.91 Å². The summed E-state index contributed by atoms with van der Waals surface area (Å²) in [6, 6.07) is 12.5. The predicted molar refractivity (Wildman–Crippen MR) is 80.4 cm³/mol. The van der Waals surface area contributed by atoms with Crippen LogP contribution in [0.2, 0.25) is 0 Å². The number of phenolic OH excluding ortho intramolecular Hbond substituents is 1. The first kappa shape index (κ1) is 12.6. The third kappa shape index (κ3) is 2.35. The zero-order valence-corrected chi connectivity index (χ0v) is 11.6. The van der Waals surface area contributed by atoms with Crippen molar-refractivity contribution in [3.05, 3.63) is 53.6 Å². The van der Waals surface area contributed by atoms with E-state index in [0.717, 1.165) is 10.2 Å². The molecule has 100 valence electrons. The molecule has 0 radical (unpaired) electrons. The van der Waals surface area contributed by atoms with Crippen molar-refractivity contribution in [2.24, 2.45) is 0 Å². The number of carbonyl (C=O) groups is 1. The van der Waals surface area contributed by atoms with Gasteiger partial charge in [-0.25, -0.2) is 4.98 Å². The highest BCUT2D eigenvalue weighted by atomic mass is 32.1. The van der Waals surface area contributed by atoms with E-state index in [4.69, 9.17) is 0 Å². The number of thiazole rings is 1. The molecule has 1 amide bonds. The summed E-state index contributed by atoms with van der Waals surface area (Å²) in [7, 11) is 0. The molecule has 1 heterocycles. The van der Waals surface area contributed by atoms with Gasteiger partial charge in [-0.1, -0.05) is 23.5 Å².